The molecule has 1 saturated heterocycles. The van der Waals surface area contributed by atoms with Gasteiger partial charge in [-0.05, 0) is 34.5 Å². The average molecular weight is 498 g/mol. The van der Waals surface area contributed by atoms with Crippen LogP contribution in [0.1, 0.15) is 22.7 Å². The molecule has 3 aromatic carbocycles. The highest BCUT2D eigenvalue weighted by Crippen LogP contribution is 2.33. The smallest absolute Gasteiger partial charge is 0.407 e. The Hall–Kier alpha value is -3.38. The molecule has 0 bridgehead atoms. The number of rotatable bonds is 7. The monoisotopic (exact) mass is 497 g/mol. The third kappa shape index (κ3) is 5.33. The molecule has 0 aromatic heterocycles. The van der Waals surface area contributed by atoms with Gasteiger partial charge in [-0.3, -0.25) is 4.90 Å². The fraction of sp³-hybridized carbons (Fsp3) is 0.308. The molecular weight excluding hydrogens is 473 g/mol. The molecule has 1 atom stereocenters. The number of nitriles is 1. The number of hydrogen-bond donors (Lipinski definition) is 1. The zero-order valence-electron chi connectivity index (χ0n) is 19.2. The minimum Gasteiger partial charge on any atom is -0.495 e. The molecule has 9 heteroatoms. The van der Waals surface area contributed by atoms with Crippen molar-refractivity contribution in [3.8, 4) is 11.8 Å². The van der Waals surface area contributed by atoms with Crippen molar-refractivity contribution < 1.29 is 23.8 Å². The van der Waals surface area contributed by atoms with Crippen LogP contribution in [0, 0.1) is 17.1 Å². The molecule has 0 saturated carbocycles. The summed E-state index contributed by atoms with van der Waals surface area (Å²) in [5.74, 6) is -0.0297. The maximum absolute atomic E-state index is 13.8. The van der Waals surface area contributed by atoms with Gasteiger partial charge >= 0.3 is 6.09 Å². The normalized spacial score (nSPS) is 15.1. The Labute approximate surface area is 207 Å². The number of benzene rings is 3. The second-order valence-corrected chi connectivity index (χ2v) is 8.69. The van der Waals surface area contributed by atoms with Gasteiger partial charge in [0.05, 0.1) is 37.0 Å². The molecule has 7 nitrogen and oxygen atoms in total. The number of carbonyl (C=O) groups is 1. The number of halogens is 2. The zero-order valence-corrected chi connectivity index (χ0v) is 20.0. The van der Waals surface area contributed by atoms with E-state index in [2.05, 4.69) is 11.0 Å². The second-order valence-electron chi connectivity index (χ2n) is 8.28. The standard InChI is InChI=1S/C26H25ClFN3O4/c1-34-25-19(14-29)12-17-4-2-3-5-20(17)21(25)15-35-16-24(18-6-7-23(28)22(27)13-18)30-8-10-31(11-9-30)26(32)33/h2-7,12-13,24H,8-11,15-16H2,1H3,(H,32,33). The van der Waals surface area contributed by atoms with Gasteiger partial charge in [0.2, 0.25) is 0 Å². The first-order chi connectivity index (χ1) is 16.9. The highest BCUT2D eigenvalue weighted by atomic mass is 35.5. The zero-order chi connectivity index (χ0) is 24.9. The summed E-state index contributed by atoms with van der Waals surface area (Å²) in [6.07, 6.45) is -0.946. The summed E-state index contributed by atoms with van der Waals surface area (Å²) in [5, 5.41) is 20.8. The molecule has 1 aliphatic rings. The number of fused-ring (bicyclic) bond motifs is 1. The predicted octanol–water partition coefficient (Wildman–Crippen LogP) is 5.07. The van der Waals surface area contributed by atoms with Gasteiger partial charge in [0, 0.05) is 31.7 Å². The molecule has 1 aliphatic heterocycles. The van der Waals surface area contributed by atoms with E-state index in [1.807, 2.05) is 24.3 Å². The molecule has 0 radical (unpaired) electrons. The van der Waals surface area contributed by atoms with Crippen LogP contribution in [-0.2, 0) is 11.3 Å². The van der Waals surface area contributed by atoms with E-state index in [0.29, 0.717) is 37.5 Å². The van der Waals surface area contributed by atoms with Gasteiger partial charge in [0.15, 0.2) is 0 Å². The number of ether oxygens (including phenoxy) is 2. The fourth-order valence-electron chi connectivity index (χ4n) is 4.49. The average Bonchev–Trinajstić information content (AvgIpc) is 2.87. The lowest BCUT2D eigenvalue weighted by Crippen LogP contribution is -2.50. The molecule has 35 heavy (non-hydrogen) atoms. The lowest BCUT2D eigenvalue weighted by atomic mass is 10.00. The number of methoxy groups -OCH3 is 1. The molecule has 0 aliphatic carbocycles. The maximum Gasteiger partial charge on any atom is 0.407 e. The van der Waals surface area contributed by atoms with Crippen LogP contribution in [0.25, 0.3) is 10.8 Å². The second kappa shape index (κ2) is 10.9. The Morgan fingerprint density at radius 1 is 1.20 bits per heavy atom. The van der Waals surface area contributed by atoms with Crippen molar-refractivity contribution in [1.29, 1.82) is 5.26 Å². The lowest BCUT2D eigenvalue weighted by Gasteiger charge is -2.38. The highest BCUT2D eigenvalue weighted by Gasteiger charge is 2.28. The van der Waals surface area contributed by atoms with E-state index >= 15 is 0 Å². The van der Waals surface area contributed by atoms with Crippen LogP contribution in [0.5, 0.6) is 5.75 Å². The quantitative estimate of drug-likeness (QED) is 0.490. The van der Waals surface area contributed by atoms with Crippen LogP contribution in [-0.4, -0.2) is 60.9 Å². The van der Waals surface area contributed by atoms with Crippen molar-refractivity contribution in [2.75, 3.05) is 39.9 Å². The van der Waals surface area contributed by atoms with Gasteiger partial charge < -0.3 is 19.5 Å². The Balaban J connectivity index is 1.59. The van der Waals surface area contributed by atoms with E-state index in [0.717, 1.165) is 21.9 Å². The first kappa shape index (κ1) is 24.7. The van der Waals surface area contributed by atoms with Crippen LogP contribution in [0.15, 0.2) is 48.5 Å². The van der Waals surface area contributed by atoms with E-state index < -0.39 is 11.9 Å². The van der Waals surface area contributed by atoms with E-state index in [1.54, 1.807) is 18.2 Å². The van der Waals surface area contributed by atoms with Crippen molar-refractivity contribution in [1.82, 2.24) is 9.80 Å². The van der Waals surface area contributed by atoms with Crippen molar-refractivity contribution in [2.45, 2.75) is 12.6 Å². The maximum atomic E-state index is 13.8. The summed E-state index contributed by atoms with van der Waals surface area (Å²) < 4.78 is 25.6. The number of hydrogen-bond acceptors (Lipinski definition) is 5. The summed E-state index contributed by atoms with van der Waals surface area (Å²) in [5.41, 5.74) is 1.98. The Bertz CT molecular complexity index is 1270. The van der Waals surface area contributed by atoms with E-state index in [4.69, 9.17) is 21.1 Å². The number of amides is 1. The summed E-state index contributed by atoms with van der Waals surface area (Å²) in [7, 11) is 1.53. The molecule has 4 rings (SSSR count). The molecule has 1 fully saturated rings. The Morgan fingerprint density at radius 2 is 1.94 bits per heavy atom. The van der Waals surface area contributed by atoms with E-state index in [1.165, 1.54) is 18.1 Å². The molecule has 1 heterocycles. The molecule has 1 unspecified atom stereocenters. The molecular formula is C26H25ClFN3O4. The third-order valence-corrected chi connectivity index (χ3v) is 6.59. The van der Waals surface area contributed by atoms with Crippen LogP contribution < -0.4 is 4.74 Å². The first-order valence-electron chi connectivity index (χ1n) is 11.2. The summed E-state index contributed by atoms with van der Waals surface area (Å²) >= 11 is 6.06. The van der Waals surface area contributed by atoms with Crippen LogP contribution in [0.4, 0.5) is 9.18 Å². The molecule has 1 N–H and O–H groups in total. The van der Waals surface area contributed by atoms with Crippen molar-refractivity contribution >= 4 is 28.5 Å². The fourth-order valence-corrected chi connectivity index (χ4v) is 4.68. The van der Waals surface area contributed by atoms with Crippen molar-refractivity contribution in [3.05, 3.63) is 76.1 Å². The molecule has 3 aromatic rings. The third-order valence-electron chi connectivity index (χ3n) is 6.31. The van der Waals surface area contributed by atoms with Gasteiger partial charge in [-0.1, -0.05) is 41.9 Å². The number of nitrogens with zero attached hydrogens (tertiary/aromatic N) is 3. The summed E-state index contributed by atoms with van der Waals surface area (Å²) in [6.45, 7) is 2.19. The van der Waals surface area contributed by atoms with Crippen molar-refractivity contribution in [3.63, 3.8) is 0 Å². The predicted molar refractivity (Wildman–Crippen MR) is 130 cm³/mol. The molecule has 0 spiro atoms. The van der Waals surface area contributed by atoms with Gasteiger partial charge in [-0.2, -0.15) is 5.26 Å². The minimum absolute atomic E-state index is 0.0195. The highest BCUT2D eigenvalue weighted by molar-refractivity contribution is 6.30. The lowest BCUT2D eigenvalue weighted by molar-refractivity contribution is 0.0259. The Morgan fingerprint density at radius 3 is 2.60 bits per heavy atom. The molecule has 1 amide bonds. The summed E-state index contributed by atoms with van der Waals surface area (Å²) in [6, 6.07) is 16.0. The number of carboxylic acid groups (broad SMARTS) is 1. The first-order valence-corrected chi connectivity index (χ1v) is 11.5. The summed E-state index contributed by atoms with van der Waals surface area (Å²) in [4.78, 5) is 14.8. The Kier molecular flexibility index (Phi) is 7.71. The van der Waals surface area contributed by atoms with Gasteiger partial charge in [0.25, 0.3) is 0 Å². The van der Waals surface area contributed by atoms with Crippen molar-refractivity contribution in [2.24, 2.45) is 0 Å². The van der Waals surface area contributed by atoms with Crippen LogP contribution in [0.2, 0.25) is 5.02 Å². The van der Waals surface area contributed by atoms with E-state index in [9.17, 15) is 19.6 Å². The number of piperazine rings is 1. The minimum atomic E-state index is -0.946. The van der Waals surface area contributed by atoms with Gasteiger partial charge in [0.1, 0.15) is 17.6 Å². The van der Waals surface area contributed by atoms with E-state index in [-0.39, 0.29) is 24.3 Å². The van der Waals surface area contributed by atoms with Crippen LogP contribution >= 0.6 is 11.6 Å². The topological polar surface area (TPSA) is 86.0 Å². The molecule has 182 valence electrons. The SMILES string of the molecule is COc1c(C#N)cc2ccccc2c1COCC(c1ccc(F)c(Cl)c1)N1CCN(C(=O)O)CC1. The van der Waals surface area contributed by atoms with Gasteiger partial charge in [-0.15, -0.1) is 0 Å². The van der Waals surface area contributed by atoms with Crippen LogP contribution in [0.3, 0.4) is 0 Å². The van der Waals surface area contributed by atoms with Gasteiger partial charge in [-0.25, -0.2) is 9.18 Å². The largest absolute Gasteiger partial charge is 0.495 e.